The van der Waals surface area contributed by atoms with Gasteiger partial charge in [0.05, 0.1) is 28.9 Å². The van der Waals surface area contributed by atoms with Gasteiger partial charge >= 0.3 is 5.97 Å². The molecule has 166 valence electrons. The van der Waals surface area contributed by atoms with E-state index < -0.39 is 11.8 Å². The molecule has 9 heteroatoms. The van der Waals surface area contributed by atoms with Crippen LogP contribution in [-0.2, 0) is 21.7 Å². The number of ether oxygens (including phenoxy) is 3. The Bertz CT molecular complexity index is 1540. The molecule has 1 aromatic heterocycles. The molecule has 2 aliphatic heterocycles. The maximum absolute atomic E-state index is 13.2. The molecule has 0 saturated carbocycles. The molecule has 2 aliphatic rings. The number of hydrogen-bond donors (Lipinski definition) is 1. The molecule has 0 fully saturated rings. The zero-order chi connectivity index (χ0) is 23.3. The van der Waals surface area contributed by atoms with Gasteiger partial charge in [-0.3, -0.25) is 0 Å². The number of nitriles is 1. The van der Waals surface area contributed by atoms with Crippen LogP contribution >= 0.6 is 11.7 Å². The van der Waals surface area contributed by atoms with E-state index in [-0.39, 0.29) is 18.8 Å². The summed E-state index contributed by atoms with van der Waals surface area (Å²) in [6.45, 7) is 0.103. The number of aromatic nitrogens is 2. The van der Waals surface area contributed by atoms with Crippen molar-refractivity contribution < 1.29 is 24.1 Å². The smallest absolute Gasteiger partial charge is 0.342 e. The maximum atomic E-state index is 13.2. The van der Waals surface area contributed by atoms with Crippen LogP contribution < -0.4 is 9.47 Å². The van der Waals surface area contributed by atoms with Crippen molar-refractivity contribution in [1.82, 2.24) is 8.75 Å². The topological polar surface area (TPSA) is 115 Å². The highest BCUT2D eigenvalue weighted by atomic mass is 32.1. The van der Waals surface area contributed by atoms with Crippen LogP contribution in [0.3, 0.4) is 0 Å². The summed E-state index contributed by atoms with van der Waals surface area (Å²) < 4.78 is 25.0. The van der Waals surface area contributed by atoms with Gasteiger partial charge in [-0.1, -0.05) is 18.2 Å². The van der Waals surface area contributed by atoms with E-state index in [1.165, 1.54) is 0 Å². The summed E-state index contributed by atoms with van der Waals surface area (Å²) in [6, 6.07) is 19.3. The third-order valence-electron chi connectivity index (χ3n) is 5.93. The van der Waals surface area contributed by atoms with E-state index in [4.69, 9.17) is 19.5 Å². The highest BCUT2D eigenvalue weighted by Gasteiger charge is 2.48. The van der Waals surface area contributed by atoms with Gasteiger partial charge in [0.15, 0.2) is 11.5 Å². The second kappa shape index (κ2) is 7.66. The van der Waals surface area contributed by atoms with Gasteiger partial charge in [0, 0.05) is 17.6 Å². The molecule has 0 bridgehead atoms. The van der Waals surface area contributed by atoms with Crippen molar-refractivity contribution in [2.75, 3.05) is 6.79 Å². The summed E-state index contributed by atoms with van der Waals surface area (Å²) in [5.74, 6) is -1.56. The van der Waals surface area contributed by atoms with E-state index in [2.05, 4.69) is 14.8 Å². The molecule has 1 N–H and O–H groups in total. The summed E-state index contributed by atoms with van der Waals surface area (Å²) in [5.41, 5.74) is 4.16. The van der Waals surface area contributed by atoms with Crippen molar-refractivity contribution in [2.45, 2.75) is 12.2 Å². The Kier molecular flexibility index (Phi) is 4.58. The Balaban J connectivity index is 1.53. The van der Waals surface area contributed by atoms with Crippen molar-refractivity contribution in [2.24, 2.45) is 0 Å². The minimum atomic E-state index is -2.01. The number of rotatable bonds is 4. The van der Waals surface area contributed by atoms with Crippen molar-refractivity contribution in [3.05, 3.63) is 88.5 Å². The number of nitrogens with zero attached hydrogens (tertiary/aromatic N) is 3. The first-order chi connectivity index (χ1) is 16.5. The molecule has 0 spiro atoms. The second-order valence-electron chi connectivity index (χ2n) is 7.91. The molecule has 0 amide bonds. The Labute approximate surface area is 197 Å². The predicted octanol–water partition coefficient (Wildman–Crippen LogP) is 3.69. The van der Waals surface area contributed by atoms with Crippen LogP contribution in [0.25, 0.3) is 16.6 Å². The van der Waals surface area contributed by atoms with Gasteiger partial charge in [0.2, 0.25) is 6.79 Å². The molecule has 8 nitrogen and oxygen atoms in total. The number of fused-ring (bicyclic) bond motifs is 2. The molecular weight excluding hydrogens is 454 g/mol. The van der Waals surface area contributed by atoms with Crippen LogP contribution in [0.5, 0.6) is 11.5 Å². The number of carbonyl (C=O) groups excluding carboxylic acids is 1. The summed E-state index contributed by atoms with van der Waals surface area (Å²) in [6.07, 6.45) is 0.213. The van der Waals surface area contributed by atoms with Gasteiger partial charge in [-0.05, 0) is 53.6 Å². The lowest BCUT2D eigenvalue weighted by Crippen LogP contribution is -2.29. The SMILES string of the molecule is N#Cc1ccc(CC2=C(c3ccc4c(c3)OCO4)C(=O)OC2(O)c2ccc3nsnc3c2)cc1. The molecule has 1 atom stereocenters. The number of cyclic esters (lactones) is 1. The number of esters is 1. The van der Waals surface area contributed by atoms with Crippen molar-refractivity contribution in [1.29, 1.82) is 5.26 Å². The number of aliphatic hydroxyl groups is 1. The van der Waals surface area contributed by atoms with Crippen molar-refractivity contribution in [3.63, 3.8) is 0 Å². The van der Waals surface area contributed by atoms with Crippen LogP contribution in [0.1, 0.15) is 22.3 Å². The van der Waals surface area contributed by atoms with Crippen LogP contribution in [0, 0.1) is 11.3 Å². The third-order valence-corrected chi connectivity index (χ3v) is 6.48. The number of hydrogen-bond acceptors (Lipinski definition) is 9. The maximum Gasteiger partial charge on any atom is 0.342 e. The molecule has 3 heterocycles. The summed E-state index contributed by atoms with van der Waals surface area (Å²) >= 11 is 1.07. The fraction of sp³-hybridized carbons (Fsp3) is 0.120. The molecule has 6 rings (SSSR count). The molecule has 0 radical (unpaired) electrons. The lowest BCUT2D eigenvalue weighted by atomic mass is 9.87. The fourth-order valence-corrected chi connectivity index (χ4v) is 4.74. The third kappa shape index (κ3) is 3.20. The molecule has 0 aliphatic carbocycles. The van der Waals surface area contributed by atoms with E-state index in [9.17, 15) is 9.90 Å². The molecule has 3 aromatic carbocycles. The lowest BCUT2D eigenvalue weighted by molar-refractivity contribution is -0.185. The summed E-state index contributed by atoms with van der Waals surface area (Å²) in [7, 11) is 0. The highest BCUT2D eigenvalue weighted by Crippen LogP contribution is 2.46. The average Bonchev–Trinajstić information content (AvgIpc) is 3.57. The minimum absolute atomic E-state index is 0.103. The molecule has 0 saturated heterocycles. The Morgan fingerprint density at radius 1 is 1.00 bits per heavy atom. The van der Waals surface area contributed by atoms with Gasteiger partial charge in [-0.15, -0.1) is 0 Å². The van der Waals surface area contributed by atoms with Gasteiger partial charge in [-0.25, -0.2) is 4.79 Å². The van der Waals surface area contributed by atoms with Gasteiger partial charge in [0.25, 0.3) is 5.79 Å². The molecule has 1 unspecified atom stereocenters. The van der Waals surface area contributed by atoms with Crippen LogP contribution in [0.2, 0.25) is 0 Å². The van der Waals surface area contributed by atoms with Crippen molar-refractivity contribution >= 4 is 34.3 Å². The minimum Gasteiger partial charge on any atom is -0.454 e. The first kappa shape index (κ1) is 20.4. The van der Waals surface area contributed by atoms with Gasteiger partial charge in [-0.2, -0.15) is 14.0 Å². The number of benzene rings is 3. The average molecular weight is 469 g/mol. The fourth-order valence-electron chi connectivity index (χ4n) is 4.22. The summed E-state index contributed by atoms with van der Waals surface area (Å²) in [5, 5.41) is 20.9. The van der Waals surface area contributed by atoms with E-state index in [0.29, 0.717) is 44.8 Å². The van der Waals surface area contributed by atoms with Gasteiger partial charge in [0.1, 0.15) is 11.0 Å². The van der Waals surface area contributed by atoms with E-state index in [0.717, 1.165) is 17.3 Å². The summed E-state index contributed by atoms with van der Waals surface area (Å²) in [4.78, 5) is 13.2. The Hall–Kier alpha value is -4.26. The Morgan fingerprint density at radius 3 is 2.62 bits per heavy atom. The van der Waals surface area contributed by atoms with E-state index >= 15 is 0 Å². The molecular formula is C25H15N3O5S. The van der Waals surface area contributed by atoms with Crippen LogP contribution in [-0.4, -0.2) is 26.6 Å². The highest BCUT2D eigenvalue weighted by molar-refractivity contribution is 7.00. The lowest BCUT2D eigenvalue weighted by Gasteiger charge is -2.25. The normalized spacial score (nSPS) is 18.9. The van der Waals surface area contributed by atoms with E-state index in [1.807, 2.05) is 0 Å². The largest absolute Gasteiger partial charge is 0.454 e. The monoisotopic (exact) mass is 469 g/mol. The first-order valence-corrected chi connectivity index (χ1v) is 11.1. The number of carbonyl (C=O) groups is 1. The van der Waals surface area contributed by atoms with Crippen LogP contribution in [0.15, 0.2) is 66.2 Å². The van der Waals surface area contributed by atoms with Gasteiger partial charge < -0.3 is 19.3 Å². The second-order valence-corrected chi connectivity index (χ2v) is 8.44. The molecule has 34 heavy (non-hydrogen) atoms. The standard InChI is InChI=1S/C25H15N3O5S/c26-12-15-3-1-14(2-4-15)9-18-23(16-5-8-21-22(10-16)32-13-31-21)24(29)33-25(18,30)17-6-7-19-20(11-17)28-34-27-19/h1-8,10-11,30H,9,13H2. The quantitative estimate of drug-likeness (QED) is 0.450. The van der Waals surface area contributed by atoms with Crippen molar-refractivity contribution in [3.8, 4) is 17.6 Å². The molecule has 4 aromatic rings. The zero-order valence-electron chi connectivity index (χ0n) is 17.5. The Morgan fingerprint density at radius 2 is 1.79 bits per heavy atom. The van der Waals surface area contributed by atoms with E-state index in [1.54, 1.807) is 60.7 Å². The first-order valence-electron chi connectivity index (χ1n) is 10.4. The predicted molar refractivity (Wildman–Crippen MR) is 122 cm³/mol. The zero-order valence-corrected chi connectivity index (χ0v) is 18.3. The van der Waals surface area contributed by atoms with Crippen LogP contribution in [0.4, 0.5) is 0 Å².